The number of nitrogens with two attached hydrogens (primary N) is 1. The number of nitrogen functional groups attached to an aromatic ring is 1. The smallest absolute Gasteiger partial charge is 0.271 e. The van der Waals surface area contributed by atoms with Gasteiger partial charge in [0.25, 0.3) is 5.91 Å². The fourth-order valence-electron chi connectivity index (χ4n) is 1.84. The molecule has 1 amide bonds. The highest BCUT2D eigenvalue weighted by atomic mass is 32.1. The van der Waals surface area contributed by atoms with E-state index in [9.17, 15) is 4.79 Å². The summed E-state index contributed by atoms with van der Waals surface area (Å²) in [5.41, 5.74) is 5.94. The second kappa shape index (κ2) is 6.70. The number of carbonyl (C=O) groups excluding carboxylic acids is 1. The molecule has 0 aromatic carbocycles. The van der Waals surface area contributed by atoms with Crippen LogP contribution in [0.3, 0.4) is 0 Å². The fourth-order valence-corrected chi connectivity index (χ4v) is 2.38. The van der Waals surface area contributed by atoms with E-state index >= 15 is 0 Å². The molecule has 0 aliphatic heterocycles. The van der Waals surface area contributed by atoms with Crippen molar-refractivity contribution in [3.63, 3.8) is 0 Å². The molecule has 3 N–H and O–H groups in total. The van der Waals surface area contributed by atoms with E-state index in [-0.39, 0.29) is 11.9 Å². The van der Waals surface area contributed by atoms with Gasteiger partial charge in [-0.15, -0.1) is 11.3 Å². The number of rotatable bonds is 6. The van der Waals surface area contributed by atoms with Crippen LogP contribution < -0.4 is 11.1 Å². The zero-order chi connectivity index (χ0) is 13.7. The van der Waals surface area contributed by atoms with Crippen molar-refractivity contribution in [1.29, 1.82) is 0 Å². The first-order valence-corrected chi connectivity index (χ1v) is 6.93. The Morgan fingerprint density at radius 2 is 2.22 bits per heavy atom. The number of thiazole rings is 1. The van der Waals surface area contributed by atoms with Gasteiger partial charge in [-0.1, -0.05) is 13.8 Å². The van der Waals surface area contributed by atoms with Gasteiger partial charge in [0.05, 0.1) is 0 Å². The Morgan fingerprint density at radius 1 is 1.56 bits per heavy atom. The van der Waals surface area contributed by atoms with Crippen molar-refractivity contribution in [1.82, 2.24) is 15.2 Å². The van der Waals surface area contributed by atoms with Crippen LogP contribution in [0, 0.1) is 5.92 Å². The van der Waals surface area contributed by atoms with Crippen LogP contribution in [0.2, 0.25) is 0 Å². The summed E-state index contributed by atoms with van der Waals surface area (Å²) in [4.78, 5) is 18.1. The van der Waals surface area contributed by atoms with E-state index in [2.05, 4.69) is 29.0 Å². The van der Waals surface area contributed by atoms with Crippen molar-refractivity contribution in [2.24, 2.45) is 5.92 Å². The molecule has 0 spiro atoms. The van der Waals surface area contributed by atoms with E-state index in [0.717, 1.165) is 13.0 Å². The van der Waals surface area contributed by atoms with Crippen LogP contribution in [-0.2, 0) is 0 Å². The molecule has 1 aromatic heterocycles. The summed E-state index contributed by atoms with van der Waals surface area (Å²) in [6.07, 6.45) is 0.948. The Morgan fingerprint density at radius 3 is 2.67 bits per heavy atom. The van der Waals surface area contributed by atoms with Gasteiger partial charge in [0.15, 0.2) is 5.13 Å². The summed E-state index contributed by atoms with van der Waals surface area (Å²) in [5.74, 6) is 0.395. The van der Waals surface area contributed by atoms with E-state index in [4.69, 9.17) is 5.73 Å². The summed E-state index contributed by atoms with van der Waals surface area (Å²) < 4.78 is 0. The maximum absolute atomic E-state index is 12.0. The number of anilines is 1. The van der Waals surface area contributed by atoms with Gasteiger partial charge >= 0.3 is 0 Å². The summed E-state index contributed by atoms with van der Waals surface area (Å²) in [6, 6.07) is 0.135. The van der Waals surface area contributed by atoms with Crippen LogP contribution in [0.25, 0.3) is 0 Å². The van der Waals surface area contributed by atoms with Gasteiger partial charge in [-0.2, -0.15) is 0 Å². The molecule has 1 unspecified atom stereocenters. The molecule has 1 aromatic rings. The lowest BCUT2D eigenvalue weighted by atomic mass is 10.0. The van der Waals surface area contributed by atoms with Gasteiger partial charge in [0.1, 0.15) is 5.69 Å². The van der Waals surface area contributed by atoms with E-state index in [1.807, 2.05) is 14.1 Å². The lowest BCUT2D eigenvalue weighted by molar-refractivity contribution is 0.0920. The van der Waals surface area contributed by atoms with Crippen LogP contribution in [0.15, 0.2) is 5.38 Å². The Bertz CT molecular complexity index is 379. The maximum atomic E-state index is 12.0. The molecule has 0 saturated carbocycles. The highest BCUT2D eigenvalue weighted by Gasteiger charge is 2.17. The lowest BCUT2D eigenvalue weighted by Gasteiger charge is -2.23. The Labute approximate surface area is 112 Å². The van der Waals surface area contributed by atoms with Crippen LogP contribution in [0.4, 0.5) is 5.13 Å². The number of carbonyl (C=O) groups is 1. The molecule has 1 rings (SSSR count). The first-order chi connectivity index (χ1) is 8.38. The number of aromatic nitrogens is 1. The van der Waals surface area contributed by atoms with E-state index < -0.39 is 0 Å². The standard InChI is InChI=1S/C12H22N4OS/c1-8(2)5-9(6-16(3)4)14-11(17)10-7-18-12(13)15-10/h7-9H,5-6H2,1-4H3,(H2,13,15)(H,14,17). The molecule has 1 atom stereocenters. The maximum Gasteiger partial charge on any atom is 0.271 e. The second-order valence-electron chi connectivity index (χ2n) is 5.13. The van der Waals surface area contributed by atoms with E-state index in [1.54, 1.807) is 5.38 Å². The van der Waals surface area contributed by atoms with Gasteiger partial charge in [-0.05, 0) is 26.4 Å². The Kier molecular flexibility index (Phi) is 5.55. The van der Waals surface area contributed by atoms with Gasteiger partial charge < -0.3 is 16.0 Å². The predicted molar refractivity (Wildman–Crippen MR) is 75.8 cm³/mol. The molecule has 0 aliphatic carbocycles. The van der Waals surface area contributed by atoms with E-state index in [0.29, 0.717) is 16.7 Å². The average molecular weight is 270 g/mol. The van der Waals surface area contributed by atoms with E-state index in [1.165, 1.54) is 11.3 Å². The molecule has 0 radical (unpaired) electrons. The quantitative estimate of drug-likeness (QED) is 0.820. The second-order valence-corrected chi connectivity index (χ2v) is 6.02. The molecule has 18 heavy (non-hydrogen) atoms. The van der Waals surface area contributed by atoms with Crippen molar-refractivity contribution in [2.45, 2.75) is 26.3 Å². The molecule has 0 aliphatic rings. The highest BCUT2D eigenvalue weighted by molar-refractivity contribution is 7.13. The molecule has 0 fully saturated rings. The minimum absolute atomic E-state index is 0.135. The molecule has 5 nitrogen and oxygen atoms in total. The predicted octanol–water partition coefficient (Wildman–Crippen LogP) is 1.43. The van der Waals surface area contributed by atoms with Gasteiger partial charge in [-0.25, -0.2) is 4.98 Å². The largest absolute Gasteiger partial charge is 0.375 e. The summed E-state index contributed by atoms with van der Waals surface area (Å²) in [6.45, 7) is 5.12. The molecule has 6 heteroatoms. The fraction of sp³-hybridized carbons (Fsp3) is 0.667. The van der Waals surface area contributed by atoms with Crippen molar-refractivity contribution in [2.75, 3.05) is 26.4 Å². The van der Waals surface area contributed by atoms with Crippen molar-refractivity contribution >= 4 is 22.4 Å². The van der Waals surface area contributed by atoms with Gasteiger partial charge in [0.2, 0.25) is 0 Å². The van der Waals surface area contributed by atoms with Crippen molar-refractivity contribution < 1.29 is 4.79 Å². The number of hydrogen-bond acceptors (Lipinski definition) is 5. The summed E-state index contributed by atoms with van der Waals surface area (Å²) >= 11 is 1.28. The lowest BCUT2D eigenvalue weighted by Crippen LogP contribution is -2.42. The monoisotopic (exact) mass is 270 g/mol. The summed E-state index contributed by atoms with van der Waals surface area (Å²) in [7, 11) is 4.00. The summed E-state index contributed by atoms with van der Waals surface area (Å²) in [5, 5.41) is 5.13. The molecule has 102 valence electrons. The molecular formula is C12H22N4OS. The number of likely N-dealkylation sites (N-methyl/N-ethyl adjacent to an activating group) is 1. The molecule has 0 bridgehead atoms. The minimum Gasteiger partial charge on any atom is -0.375 e. The van der Waals surface area contributed by atoms with Gasteiger partial charge in [-0.3, -0.25) is 4.79 Å². The number of amides is 1. The minimum atomic E-state index is -0.143. The van der Waals surface area contributed by atoms with Crippen LogP contribution in [0.1, 0.15) is 30.8 Å². The third-order valence-corrected chi connectivity index (χ3v) is 3.11. The van der Waals surface area contributed by atoms with Crippen LogP contribution in [0.5, 0.6) is 0 Å². The average Bonchev–Trinajstić information content (AvgIpc) is 2.62. The third kappa shape index (κ3) is 5.01. The SMILES string of the molecule is CC(C)CC(CN(C)C)NC(=O)c1csc(N)n1. The highest BCUT2D eigenvalue weighted by Crippen LogP contribution is 2.12. The number of nitrogens with one attached hydrogen (secondary N) is 1. The Balaban J connectivity index is 2.61. The molecule has 0 saturated heterocycles. The zero-order valence-corrected chi connectivity index (χ0v) is 12.3. The van der Waals surface area contributed by atoms with Crippen molar-refractivity contribution in [3.05, 3.63) is 11.1 Å². The van der Waals surface area contributed by atoms with Crippen LogP contribution in [-0.4, -0.2) is 42.5 Å². The number of nitrogens with zero attached hydrogens (tertiary/aromatic N) is 2. The Hall–Kier alpha value is -1.14. The molecular weight excluding hydrogens is 248 g/mol. The normalized spacial score (nSPS) is 13.0. The van der Waals surface area contributed by atoms with Gasteiger partial charge in [0, 0.05) is 18.0 Å². The molecule has 1 heterocycles. The first kappa shape index (κ1) is 14.9. The third-order valence-electron chi connectivity index (χ3n) is 2.43. The van der Waals surface area contributed by atoms with Crippen LogP contribution >= 0.6 is 11.3 Å². The first-order valence-electron chi connectivity index (χ1n) is 6.05. The van der Waals surface area contributed by atoms with Crippen molar-refractivity contribution in [3.8, 4) is 0 Å². The number of hydrogen-bond donors (Lipinski definition) is 2. The zero-order valence-electron chi connectivity index (χ0n) is 11.4. The topological polar surface area (TPSA) is 71.2 Å².